The number of rotatable bonds is 6. The minimum absolute atomic E-state index is 0.0367. The zero-order valence-electron chi connectivity index (χ0n) is 17.8. The Hall–Kier alpha value is -3.47. The highest BCUT2D eigenvalue weighted by molar-refractivity contribution is 7.93. The van der Waals surface area contributed by atoms with Gasteiger partial charge in [-0.15, -0.1) is 0 Å². The molecule has 33 heavy (non-hydrogen) atoms. The molecule has 174 valence electrons. The molecular formula is C22H20F3N3O4S. The third kappa shape index (κ3) is 5.30. The van der Waals surface area contributed by atoms with Crippen LogP contribution in [0.5, 0.6) is 11.6 Å². The van der Waals surface area contributed by atoms with E-state index < -0.39 is 32.4 Å². The standard InChI is InChI=1S/C22H20F3N3O4S/c1-14-5-4-6-17(11-14)33(30,31)21(2,3)20(29)28-15-7-10-19(27-12-15)32-16-8-9-18(26-13-16)22(23,24)25/h4-13H,1-3H3,(H,28,29). The van der Waals surface area contributed by atoms with Crippen LogP contribution >= 0.6 is 0 Å². The van der Waals surface area contributed by atoms with Crippen molar-refractivity contribution in [2.24, 2.45) is 0 Å². The molecule has 0 bridgehead atoms. The second-order valence-corrected chi connectivity index (χ2v) is 10.1. The molecule has 0 unspecified atom stereocenters. The van der Waals surface area contributed by atoms with Crippen LogP contribution in [0, 0.1) is 6.92 Å². The maximum absolute atomic E-state index is 13.0. The summed E-state index contributed by atoms with van der Waals surface area (Å²) in [6.45, 7) is 4.37. The van der Waals surface area contributed by atoms with Crippen LogP contribution in [0.1, 0.15) is 25.1 Å². The summed E-state index contributed by atoms with van der Waals surface area (Å²) in [6.07, 6.45) is -2.41. The molecule has 2 heterocycles. The Kier molecular flexibility index (Phi) is 6.46. The molecule has 0 spiro atoms. The predicted molar refractivity (Wildman–Crippen MR) is 115 cm³/mol. The van der Waals surface area contributed by atoms with E-state index in [0.717, 1.165) is 23.9 Å². The van der Waals surface area contributed by atoms with E-state index in [1.807, 2.05) is 0 Å². The van der Waals surface area contributed by atoms with Crippen molar-refractivity contribution < 1.29 is 31.1 Å². The molecule has 1 aromatic carbocycles. The number of anilines is 1. The smallest absolute Gasteiger partial charge is 0.433 e. The van der Waals surface area contributed by atoms with Gasteiger partial charge in [0.1, 0.15) is 16.2 Å². The van der Waals surface area contributed by atoms with Gasteiger partial charge in [0.05, 0.1) is 23.0 Å². The highest BCUT2D eigenvalue weighted by Crippen LogP contribution is 2.30. The fourth-order valence-corrected chi connectivity index (χ4v) is 4.21. The largest absolute Gasteiger partial charge is 0.437 e. The van der Waals surface area contributed by atoms with E-state index in [1.54, 1.807) is 19.1 Å². The molecule has 7 nitrogen and oxygen atoms in total. The predicted octanol–water partition coefficient (Wildman–Crippen LogP) is 4.79. The van der Waals surface area contributed by atoms with Crippen LogP contribution in [0.3, 0.4) is 0 Å². The first kappa shape index (κ1) is 24.2. The molecule has 1 N–H and O–H groups in total. The van der Waals surface area contributed by atoms with Gasteiger partial charge in [0.15, 0.2) is 9.84 Å². The average molecular weight is 479 g/mol. The number of aromatic nitrogens is 2. The van der Waals surface area contributed by atoms with E-state index in [1.165, 1.54) is 44.3 Å². The normalized spacial score (nSPS) is 12.3. The number of pyridine rings is 2. The zero-order valence-corrected chi connectivity index (χ0v) is 18.7. The first-order valence-corrected chi connectivity index (χ1v) is 11.1. The molecule has 0 aliphatic heterocycles. The van der Waals surface area contributed by atoms with Crippen LogP contribution in [0.4, 0.5) is 18.9 Å². The minimum Gasteiger partial charge on any atom is -0.437 e. The van der Waals surface area contributed by atoms with E-state index in [-0.39, 0.29) is 22.2 Å². The Balaban J connectivity index is 1.70. The second-order valence-electron chi connectivity index (χ2n) is 7.65. The molecule has 0 radical (unpaired) electrons. The molecule has 0 atom stereocenters. The Morgan fingerprint density at radius 2 is 1.73 bits per heavy atom. The van der Waals surface area contributed by atoms with E-state index in [2.05, 4.69) is 15.3 Å². The van der Waals surface area contributed by atoms with Gasteiger partial charge >= 0.3 is 6.18 Å². The summed E-state index contributed by atoms with van der Waals surface area (Å²) < 4.78 is 67.3. The Bertz CT molecular complexity index is 1260. The van der Waals surface area contributed by atoms with Gasteiger partial charge in [0.25, 0.3) is 0 Å². The lowest BCUT2D eigenvalue weighted by Crippen LogP contribution is -2.44. The highest BCUT2D eigenvalue weighted by Gasteiger charge is 2.43. The van der Waals surface area contributed by atoms with Crippen molar-refractivity contribution in [1.82, 2.24) is 9.97 Å². The highest BCUT2D eigenvalue weighted by atomic mass is 32.2. The third-order valence-corrected chi connectivity index (χ3v) is 7.17. The van der Waals surface area contributed by atoms with Gasteiger partial charge in [-0.2, -0.15) is 13.2 Å². The second kappa shape index (κ2) is 8.81. The quantitative estimate of drug-likeness (QED) is 0.546. The molecule has 0 fully saturated rings. The van der Waals surface area contributed by atoms with Gasteiger partial charge in [-0.3, -0.25) is 4.79 Å². The number of alkyl halides is 3. The lowest BCUT2D eigenvalue weighted by molar-refractivity contribution is -0.141. The first-order valence-electron chi connectivity index (χ1n) is 9.60. The number of ether oxygens (including phenoxy) is 1. The summed E-state index contributed by atoms with van der Waals surface area (Å²) in [7, 11) is -3.99. The fourth-order valence-electron chi connectivity index (χ4n) is 2.72. The Morgan fingerprint density at radius 3 is 2.27 bits per heavy atom. The lowest BCUT2D eigenvalue weighted by atomic mass is 10.2. The van der Waals surface area contributed by atoms with Crippen LogP contribution in [-0.2, 0) is 20.8 Å². The molecule has 3 rings (SSSR count). The molecule has 0 aliphatic carbocycles. The maximum Gasteiger partial charge on any atom is 0.433 e. The number of carbonyl (C=O) groups excluding carboxylic acids is 1. The molecule has 11 heteroatoms. The number of nitrogens with zero attached hydrogens (tertiary/aromatic N) is 2. The molecule has 0 saturated heterocycles. The zero-order chi connectivity index (χ0) is 24.4. The van der Waals surface area contributed by atoms with Crippen molar-refractivity contribution in [3.8, 4) is 11.6 Å². The number of halogens is 3. The number of benzene rings is 1. The Labute approximate surface area is 188 Å². The van der Waals surface area contributed by atoms with Crippen LogP contribution in [-0.4, -0.2) is 29.0 Å². The Morgan fingerprint density at radius 1 is 1.00 bits per heavy atom. The van der Waals surface area contributed by atoms with Crippen molar-refractivity contribution in [3.05, 3.63) is 72.2 Å². The van der Waals surface area contributed by atoms with Crippen molar-refractivity contribution >= 4 is 21.4 Å². The summed E-state index contributed by atoms with van der Waals surface area (Å²) in [5.41, 5.74) is -0.0928. The van der Waals surface area contributed by atoms with Crippen LogP contribution < -0.4 is 10.1 Å². The van der Waals surface area contributed by atoms with E-state index in [9.17, 15) is 26.4 Å². The minimum atomic E-state index is -4.56. The van der Waals surface area contributed by atoms with Gasteiger partial charge in [0.2, 0.25) is 11.8 Å². The van der Waals surface area contributed by atoms with Crippen molar-refractivity contribution in [2.75, 3.05) is 5.32 Å². The van der Waals surface area contributed by atoms with Gasteiger partial charge in [-0.05, 0) is 56.7 Å². The molecule has 2 aromatic heterocycles. The molecule has 1 amide bonds. The number of sulfone groups is 1. The third-order valence-electron chi connectivity index (χ3n) is 4.76. The molecular weight excluding hydrogens is 459 g/mol. The topological polar surface area (TPSA) is 98.2 Å². The first-order chi connectivity index (χ1) is 15.3. The summed E-state index contributed by atoms with van der Waals surface area (Å²) >= 11 is 0. The number of carbonyl (C=O) groups is 1. The number of aryl methyl sites for hydroxylation is 1. The van der Waals surface area contributed by atoms with Crippen molar-refractivity contribution in [3.63, 3.8) is 0 Å². The summed E-state index contributed by atoms with van der Waals surface area (Å²) in [5.74, 6) is -0.676. The van der Waals surface area contributed by atoms with Crippen LogP contribution in [0.2, 0.25) is 0 Å². The van der Waals surface area contributed by atoms with Crippen LogP contribution in [0.25, 0.3) is 0 Å². The van der Waals surface area contributed by atoms with Gasteiger partial charge in [0, 0.05) is 6.07 Å². The maximum atomic E-state index is 13.0. The van der Waals surface area contributed by atoms with E-state index in [4.69, 9.17) is 4.74 Å². The molecule has 0 saturated carbocycles. The number of hydrogen-bond acceptors (Lipinski definition) is 6. The van der Waals surface area contributed by atoms with E-state index >= 15 is 0 Å². The number of amides is 1. The van der Waals surface area contributed by atoms with Gasteiger partial charge < -0.3 is 10.1 Å². The summed E-state index contributed by atoms with van der Waals surface area (Å²) in [6, 6.07) is 11.0. The molecule has 0 aliphatic rings. The van der Waals surface area contributed by atoms with Crippen LogP contribution in [0.15, 0.2) is 65.8 Å². The van der Waals surface area contributed by atoms with Gasteiger partial charge in [-0.1, -0.05) is 12.1 Å². The fraction of sp³-hybridized carbons (Fsp3) is 0.227. The van der Waals surface area contributed by atoms with E-state index in [0.29, 0.717) is 0 Å². The summed E-state index contributed by atoms with van der Waals surface area (Å²) in [5, 5.41) is 2.51. The SMILES string of the molecule is Cc1cccc(S(=O)(=O)C(C)(C)C(=O)Nc2ccc(Oc3ccc(C(F)(F)F)nc3)nc2)c1. The van der Waals surface area contributed by atoms with Crippen molar-refractivity contribution in [2.45, 2.75) is 36.6 Å². The lowest BCUT2D eigenvalue weighted by Gasteiger charge is -2.24. The van der Waals surface area contributed by atoms with Crippen molar-refractivity contribution in [1.29, 1.82) is 0 Å². The molecule has 3 aromatic rings. The number of nitrogens with one attached hydrogen (secondary N) is 1. The average Bonchev–Trinajstić information content (AvgIpc) is 2.74. The number of hydrogen-bond donors (Lipinski definition) is 1. The van der Waals surface area contributed by atoms with Gasteiger partial charge in [-0.25, -0.2) is 18.4 Å². The monoisotopic (exact) mass is 479 g/mol. The summed E-state index contributed by atoms with van der Waals surface area (Å²) in [4.78, 5) is 20.1.